The quantitative estimate of drug-likeness (QED) is 0.457. The van der Waals surface area contributed by atoms with Gasteiger partial charge in [0.05, 0.1) is 23.0 Å². The Labute approximate surface area is 194 Å². The average Bonchev–Trinajstić information content (AvgIpc) is 3.53. The summed E-state index contributed by atoms with van der Waals surface area (Å²) in [4.78, 5) is 44.0. The van der Waals surface area contributed by atoms with E-state index in [9.17, 15) is 14.4 Å². The van der Waals surface area contributed by atoms with Crippen molar-refractivity contribution in [2.75, 3.05) is 25.5 Å². The lowest BCUT2D eigenvalue weighted by Crippen LogP contribution is -2.42. The summed E-state index contributed by atoms with van der Waals surface area (Å²) < 4.78 is 6.83. The number of carbonyl (C=O) groups is 3. The highest BCUT2D eigenvalue weighted by atomic mass is 32.1. The van der Waals surface area contributed by atoms with E-state index in [1.54, 1.807) is 12.1 Å². The van der Waals surface area contributed by atoms with Crippen LogP contribution in [0.2, 0.25) is 0 Å². The van der Waals surface area contributed by atoms with Crippen LogP contribution in [0.4, 0.5) is 5.95 Å². The van der Waals surface area contributed by atoms with Crippen LogP contribution in [-0.4, -0.2) is 52.4 Å². The number of nitrogens with zero attached hydrogens (tertiary/aromatic N) is 3. The van der Waals surface area contributed by atoms with Crippen LogP contribution in [0.1, 0.15) is 44.6 Å². The van der Waals surface area contributed by atoms with Gasteiger partial charge in [0.2, 0.25) is 11.9 Å². The first kappa shape index (κ1) is 21.4. The van der Waals surface area contributed by atoms with Crippen LogP contribution >= 0.6 is 11.3 Å². The molecule has 8 nitrogen and oxygen atoms in total. The number of thiophene rings is 1. The Bertz CT molecular complexity index is 1270. The third-order valence-corrected chi connectivity index (χ3v) is 7.73. The van der Waals surface area contributed by atoms with Crippen molar-refractivity contribution in [3.05, 3.63) is 58.8 Å². The van der Waals surface area contributed by atoms with Crippen molar-refractivity contribution in [3.63, 3.8) is 0 Å². The molecule has 0 unspecified atom stereocenters. The number of nitrogens with one attached hydrogen (secondary N) is 1. The molecular weight excluding hydrogens is 440 g/mol. The van der Waals surface area contributed by atoms with Gasteiger partial charge in [-0.15, -0.1) is 11.3 Å². The molecule has 1 spiro atoms. The average molecular weight is 465 g/mol. The van der Waals surface area contributed by atoms with Crippen molar-refractivity contribution < 1.29 is 19.1 Å². The van der Waals surface area contributed by atoms with Crippen LogP contribution in [-0.2, 0) is 9.53 Å². The summed E-state index contributed by atoms with van der Waals surface area (Å²) in [5.74, 6) is -0.305. The number of hydrogen-bond donors (Lipinski definition) is 1. The summed E-state index contributed by atoms with van der Waals surface area (Å²) in [5.41, 5.74) is 1.88. The van der Waals surface area contributed by atoms with Crippen LogP contribution in [0, 0.1) is 5.41 Å². The number of methoxy groups -OCH3 is 1. The normalized spacial score (nSPS) is 21.7. The maximum Gasteiger partial charge on any atom is 0.348 e. The van der Waals surface area contributed by atoms with Crippen LogP contribution in [0.3, 0.4) is 0 Å². The Balaban J connectivity index is 1.38. The number of imidazole rings is 1. The van der Waals surface area contributed by atoms with Gasteiger partial charge < -0.3 is 14.2 Å². The number of likely N-dealkylation sites (tertiary alicyclic amines) is 1. The van der Waals surface area contributed by atoms with E-state index in [0.717, 1.165) is 54.7 Å². The van der Waals surface area contributed by atoms with E-state index in [1.807, 2.05) is 29.2 Å². The van der Waals surface area contributed by atoms with Crippen molar-refractivity contribution in [2.24, 2.45) is 5.41 Å². The van der Waals surface area contributed by atoms with Crippen LogP contribution in [0.15, 0.2) is 49.1 Å². The topological polar surface area (TPSA) is 93.5 Å². The van der Waals surface area contributed by atoms with Gasteiger partial charge in [-0.05, 0) is 55.0 Å². The Morgan fingerprint density at radius 1 is 1.21 bits per heavy atom. The highest BCUT2D eigenvalue weighted by Crippen LogP contribution is 2.55. The third kappa shape index (κ3) is 3.72. The molecule has 5 rings (SSSR count). The van der Waals surface area contributed by atoms with Crippen molar-refractivity contribution in [2.45, 2.75) is 25.3 Å². The molecule has 170 valence electrons. The van der Waals surface area contributed by atoms with E-state index < -0.39 is 5.97 Å². The Morgan fingerprint density at radius 3 is 2.73 bits per heavy atom. The van der Waals surface area contributed by atoms with E-state index in [4.69, 9.17) is 4.74 Å². The molecule has 0 atom stereocenters. The molecule has 0 bridgehead atoms. The number of hydrogen-bond acceptors (Lipinski definition) is 6. The van der Waals surface area contributed by atoms with E-state index >= 15 is 0 Å². The fourth-order valence-corrected chi connectivity index (χ4v) is 5.86. The van der Waals surface area contributed by atoms with Gasteiger partial charge in [0.1, 0.15) is 4.88 Å². The molecule has 2 aliphatic rings. The zero-order valence-electron chi connectivity index (χ0n) is 18.2. The standard InChI is InChI=1S/C24H24N4O4S/c1-3-20(29)27-11-10-24(14-27)12-15(13-24)28-17-7-5-4-6-16(17)25-23(28)26-21(30)18-8-9-19(33-18)22(31)32-2/h3-9,15H,1,10-14H2,2H3,(H,25,26,30). The van der Waals surface area contributed by atoms with E-state index in [2.05, 4.69) is 21.4 Å². The van der Waals surface area contributed by atoms with E-state index in [0.29, 0.717) is 15.7 Å². The maximum absolute atomic E-state index is 12.9. The number of carbonyl (C=O) groups excluding carboxylic acids is 3. The van der Waals surface area contributed by atoms with Gasteiger partial charge >= 0.3 is 5.97 Å². The zero-order chi connectivity index (χ0) is 23.2. The molecule has 1 aliphatic carbocycles. The highest BCUT2D eigenvalue weighted by molar-refractivity contribution is 7.16. The number of amides is 2. The third-order valence-electron chi connectivity index (χ3n) is 6.66. The van der Waals surface area contributed by atoms with Gasteiger partial charge in [0, 0.05) is 19.1 Å². The lowest BCUT2D eigenvalue weighted by Gasteiger charge is -2.46. The summed E-state index contributed by atoms with van der Waals surface area (Å²) in [5, 5.41) is 2.94. The monoisotopic (exact) mass is 464 g/mol. The van der Waals surface area contributed by atoms with Gasteiger partial charge in [0.25, 0.3) is 5.91 Å². The Hall–Kier alpha value is -3.46. The number of benzene rings is 1. The number of esters is 1. The number of para-hydroxylation sites is 2. The van der Waals surface area contributed by atoms with Crippen molar-refractivity contribution >= 4 is 46.1 Å². The summed E-state index contributed by atoms with van der Waals surface area (Å²) >= 11 is 1.08. The molecule has 2 amide bonds. The second-order valence-corrected chi connectivity index (χ2v) is 9.76. The fraction of sp³-hybridized carbons (Fsp3) is 0.333. The molecule has 33 heavy (non-hydrogen) atoms. The van der Waals surface area contributed by atoms with Crippen LogP contribution in [0.25, 0.3) is 11.0 Å². The largest absolute Gasteiger partial charge is 0.465 e. The minimum atomic E-state index is -0.466. The second-order valence-electron chi connectivity index (χ2n) is 8.68. The molecule has 1 aliphatic heterocycles. The van der Waals surface area contributed by atoms with Crippen LogP contribution < -0.4 is 5.32 Å². The molecular formula is C24H24N4O4S. The summed E-state index contributed by atoms with van der Waals surface area (Å²) in [6, 6.07) is 11.2. The molecule has 1 N–H and O–H groups in total. The Kier molecular flexibility index (Phi) is 5.28. The molecule has 0 radical (unpaired) electrons. The molecule has 9 heteroatoms. The number of aromatic nitrogens is 2. The summed E-state index contributed by atoms with van der Waals surface area (Å²) in [6.45, 7) is 5.10. The SMILES string of the molecule is C=CC(=O)N1CCC2(CC(n3c(NC(=O)c4ccc(C(=O)OC)s4)nc4ccccc43)C2)C1. The van der Waals surface area contributed by atoms with Crippen molar-refractivity contribution in [1.29, 1.82) is 0 Å². The minimum absolute atomic E-state index is 0.0152. The molecule has 3 heterocycles. The lowest BCUT2D eigenvalue weighted by molar-refractivity contribution is -0.125. The maximum atomic E-state index is 12.9. The predicted octanol–water partition coefficient (Wildman–Crippen LogP) is 3.88. The first-order chi connectivity index (χ1) is 15.9. The van der Waals surface area contributed by atoms with Gasteiger partial charge in [-0.3, -0.25) is 14.9 Å². The second kappa shape index (κ2) is 8.15. The number of rotatable bonds is 5. The molecule has 1 saturated heterocycles. The molecule has 1 aromatic carbocycles. The zero-order valence-corrected chi connectivity index (χ0v) is 19.1. The van der Waals surface area contributed by atoms with E-state index in [1.165, 1.54) is 13.2 Å². The summed E-state index contributed by atoms with van der Waals surface area (Å²) in [6.07, 6.45) is 4.19. The fourth-order valence-electron chi connectivity index (χ4n) is 5.04. The van der Waals surface area contributed by atoms with Gasteiger partial charge in [0.15, 0.2) is 0 Å². The highest BCUT2D eigenvalue weighted by Gasteiger charge is 2.50. The van der Waals surface area contributed by atoms with Crippen molar-refractivity contribution in [1.82, 2.24) is 14.5 Å². The predicted molar refractivity (Wildman–Crippen MR) is 125 cm³/mol. The molecule has 1 saturated carbocycles. The number of anilines is 1. The number of ether oxygens (including phenoxy) is 1. The van der Waals surface area contributed by atoms with E-state index in [-0.39, 0.29) is 23.3 Å². The minimum Gasteiger partial charge on any atom is -0.465 e. The van der Waals surface area contributed by atoms with Gasteiger partial charge in [-0.2, -0.15) is 0 Å². The van der Waals surface area contributed by atoms with Gasteiger partial charge in [-0.25, -0.2) is 9.78 Å². The van der Waals surface area contributed by atoms with Crippen LogP contribution in [0.5, 0.6) is 0 Å². The first-order valence-corrected chi connectivity index (χ1v) is 11.6. The Morgan fingerprint density at radius 2 is 1.97 bits per heavy atom. The first-order valence-electron chi connectivity index (χ1n) is 10.8. The van der Waals surface area contributed by atoms with Crippen molar-refractivity contribution in [3.8, 4) is 0 Å². The lowest BCUT2D eigenvalue weighted by atomic mass is 9.65. The molecule has 2 fully saturated rings. The molecule has 2 aromatic heterocycles. The smallest absolute Gasteiger partial charge is 0.348 e. The number of fused-ring (bicyclic) bond motifs is 1. The summed E-state index contributed by atoms with van der Waals surface area (Å²) in [7, 11) is 1.31. The molecule has 3 aromatic rings. The van der Waals surface area contributed by atoms with Gasteiger partial charge in [-0.1, -0.05) is 18.7 Å².